The lowest BCUT2D eigenvalue weighted by Gasteiger charge is -2.41. The molecule has 7 nitrogen and oxygen atoms in total. The van der Waals surface area contributed by atoms with E-state index in [2.05, 4.69) is 0 Å². The van der Waals surface area contributed by atoms with Gasteiger partial charge in [-0.15, -0.1) is 0 Å². The number of nitrogens with zero attached hydrogens (tertiary/aromatic N) is 3. The Kier molecular flexibility index (Phi) is 5.51. The summed E-state index contributed by atoms with van der Waals surface area (Å²) in [6.45, 7) is 0. The summed E-state index contributed by atoms with van der Waals surface area (Å²) in [4.78, 5) is 28.5. The highest BCUT2D eigenvalue weighted by Gasteiger charge is 2.46. The predicted octanol–water partition coefficient (Wildman–Crippen LogP) is 2.49. The van der Waals surface area contributed by atoms with Gasteiger partial charge in [0.15, 0.2) is 5.78 Å². The van der Waals surface area contributed by atoms with E-state index in [1.165, 1.54) is 42.3 Å². The van der Waals surface area contributed by atoms with Gasteiger partial charge in [-0.2, -0.15) is 18.4 Å². The molecule has 2 aliphatic rings. The van der Waals surface area contributed by atoms with Gasteiger partial charge in [0.1, 0.15) is 0 Å². The minimum Gasteiger partial charge on any atom is -0.423 e. The highest BCUT2D eigenvalue weighted by atomic mass is 19.4. The Morgan fingerprint density at radius 3 is 2.48 bits per heavy atom. The summed E-state index contributed by atoms with van der Waals surface area (Å²) in [5.41, 5.74) is -0.129. The maximum atomic E-state index is 13.4. The summed E-state index contributed by atoms with van der Waals surface area (Å²) >= 11 is 0. The van der Waals surface area contributed by atoms with Crippen LogP contribution in [-0.2, 0) is 11.0 Å². The lowest BCUT2D eigenvalue weighted by Crippen LogP contribution is -2.50. The predicted molar refractivity (Wildman–Crippen MR) is 112 cm³/mol. The molecule has 0 saturated carbocycles. The Morgan fingerprint density at radius 2 is 1.85 bits per heavy atom. The molecule has 11 heteroatoms. The van der Waals surface area contributed by atoms with Crippen LogP contribution in [0.5, 0.6) is 0 Å². The molecule has 33 heavy (non-hydrogen) atoms. The first-order valence-electron chi connectivity index (χ1n) is 9.95. The summed E-state index contributed by atoms with van der Waals surface area (Å²) in [7, 11) is -0.590. The quantitative estimate of drug-likeness (QED) is 0.693. The maximum Gasteiger partial charge on any atom is 0.488 e. The van der Waals surface area contributed by atoms with Crippen molar-refractivity contribution in [3.63, 3.8) is 0 Å². The second kappa shape index (κ2) is 8.06. The Hall–Kier alpha value is -3.62. The van der Waals surface area contributed by atoms with Gasteiger partial charge in [-0.25, -0.2) is 4.79 Å². The van der Waals surface area contributed by atoms with Crippen LogP contribution < -0.4 is 10.4 Å². The van der Waals surface area contributed by atoms with Crippen molar-refractivity contribution in [3.05, 3.63) is 70.4 Å². The van der Waals surface area contributed by atoms with E-state index in [4.69, 9.17) is 5.26 Å². The molecule has 1 heterocycles. The fraction of sp³-hybridized carbons (Fsp3) is 0.227. The van der Waals surface area contributed by atoms with E-state index in [0.29, 0.717) is 0 Å². The number of likely N-dealkylation sites (N-methyl/N-ethyl adjacent to an activating group) is 1. The van der Waals surface area contributed by atoms with Gasteiger partial charge < -0.3 is 14.9 Å². The van der Waals surface area contributed by atoms with Gasteiger partial charge in [-0.05, 0) is 47.8 Å². The van der Waals surface area contributed by atoms with Gasteiger partial charge in [0.25, 0.3) is 0 Å². The van der Waals surface area contributed by atoms with Gasteiger partial charge in [0, 0.05) is 24.7 Å². The molecule has 2 N–H and O–H groups in total. The number of allylic oxidation sites excluding steroid dienone is 1. The highest BCUT2D eigenvalue weighted by Crippen LogP contribution is 2.44. The van der Waals surface area contributed by atoms with Gasteiger partial charge in [0.2, 0.25) is 0 Å². The molecule has 1 atom stereocenters. The van der Waals surface area contributed by atoms with Crippen LogP contribution in [-0.4, -0.2) is 40.9 Å². The first-order valence-corrected chi connectivity index (χ1v) is 9.95. The minimum absolute atomic E-state index is 0.0235. The normalized spacial score (nSPS) is 18.5. The number of ketones is 1. The third-order valence-electron chi connectivity index (χ3n) is 5.84. The first kappa shape index (κ1) is 22.6. The van der Waals surface area contributed by atoms with Crippen LogP contribution in [0.1, 0.15) is 35.6 Å². The molecule has 2 aromatic rings. The van der Waals surface area contributed by atoms with Crippen LogP contribution in [0.4, 0.5) is 23.7 Å². The molecule has 0 fully saturated rings. The SMILES string of the molecule is CN1C(=O)N(c2cccc(C(F)(F)F)c2)C2=C(C(=O)CC2)C1c1ccc(C#N)cc1B(O)O. The second-order valence-corrected chi connectivity index (χ2v) is 7.79. The number of hydrogen-bond donors (Lipinski definition) is 2. The highest BCUT2D eigenvalue weighted by molar-refractivity contribution is 6.59. The van der Waals surface area contributed by atoms with Gasteiger partial charge in [-0.1, -0.05) is 12.1 Å². The van der Waals surface area contributed by atoms with E-state index in [-0.39, 0.29) is 52.2 Å². The molecule has 0 radical (unpaired) electrons. The smallest absolute Gasteiger partial charge is 0.423 e. The molecule has 4 rings (SSSR count). The van der Waals surface area contributed by atoms with Crippen LogP contribution in [0.25, 0.3) is 0 Å². The van der Waals surface area contributed by atoms with E-state index in [0.717, 1.165) is 17.0 Å². The van der Waals surface area contributed by atoms with Crippen molar-refractivity contribution < 1.29 is 32.8 Å². The number of carbonyl (C=O) groups excluding carboxylic acids is 2. The Labute approximate surface area is 187 Å². The number of hydrogen-bond acceptors (Lipinski definition) is 5. The van der Waals surface area contributed by atoms with Crippen molar-refractivity contribution in [2.24, 2.45) is 0 Å². The number of alkyl halides is 3. The molecule has 2 aromatic carbocycles. The summed E-state index contributed by atoms with van der Waals surface area (Å²) in [6.07, 6.45) is -4.40. The lowest BCUT2D eigenvalue weighted by atomic mass is 9.73. The standard InChI is InChI=1S/C22H17BF3N3O4/c1-28-20(15-6-5-12(11-27)9-16(15)23(32)33)19-17(7-8-18(19)30)29(21(28)31)14-4-2-3-13(10-14)22(24,25)26/h2-6,9-10,20,32-33H,7-8H2,1H3. The molecule has 1 aliphatic heterocycles. The van der Waals surface area contributed by atoms with Crippen LogP contribution in [0.15, 0.2) is 53.7 Å². The Bertz CT molecular complexity index is 1240. The number of amides is 2. The molecular formula is C22H17BF3N3O4. The van der Waals surface area contributed by atoms with E-state index in [1.807, 2.05) is 6.07 Å². The van der Waals surface area contributed by atoms with E-state index in [9.17, 15) is 32.8 Å². The number of halogens is 3. The molecule has 0 saturated heterocycles. The first-order chi connectivity index (χ1) is 15.5. The lowest BCUT2D eigenvalue weighted by molar-refractivity contribution is -0.137. The maximum absolute atomic E-state index is 13.4. The van der Waals surface area contributed by atoms with E-state index < -0.39 is 30.9 Å². The van der Waals surface area contributed by atoms with Crippen molar-refractivity contribution in [3.8, 4) is 6.07 Å². The molecule has 0 bridgehead atoms. The van der Waals surface area contributed by atoms with Crippen LogP contribution in [0.2, 0.25) is 0 Å². The molecule has 0 spiro atoms. The Morgan fingerprint density at radius 1 is 1.12 bits per heavy atom. The molecule has 168 valence electrons. The third kappa shape index (κ3) is 3.77. The van der Waals surface area contributed by atoms with Crippen LogP contribution in [0.3, 0.4) is 0 Å². The minimum atomic E-state index is -4.61. The molecule has 1 unspecified atom stereocenters. The Balaban J connectivity index is 1.91. The van der Waals surface area contributed by atoms with Crippen molar-refractivity contribution >= 4 is 30.1 Å². The van der Waals surface area contributed by atoms with Crippen molar-refractivity contribution in [2.75, 3.05) is 11.9 Å². The summed E-state index contributed by atoms with van der Waals surface area (Å²) in [6, 6.07) is 8.66. The van der Waals surface area contributed by atoms with Gasteiger partial charge in [-0.3, -0.25) is 9.69 Å². The number of rotatable bonds is 3. The zero-order valence-electron chi connectivity index (χ0n) is 17.3. The molecule has 2 amide bonds. The van der Waals surface area contributed by atoms with E-state index in [1.54, 1.807) is 0 Å². The molecule has 1 aliphatic carbocycles. The number of carbonyl (C=O) groups is 2. The topological polar surface area (TPSA) is 105 Å². The zero-order valence-corrected chi connectivity index (χ0v) is 17.3. The second-order valence-electron chi connectivity index (χ2n) is 7.79. The van der Waals surface area contributed by atoms with Crippen LogP contribution in [0, 0.1) is 11.3 Å². The number of Topliss-reactive ketones (excluding diaryl/α,β-unsaturated/α-hetero) is 1. The van der Waals surface area contributed by atoms with Gasteiger partial charge in [0.05, 0.1) is 28.9 Å². The zero-order chi connectivity index (χ0) is 24.1. The summed E-state index contributed by atoms with van der Waals surface area (Å²) in [5.74, 6) is -0.297. The molecular weight excluding hydrogens is 438 g/mol. The number of anilines is 1. The van der Waals surface area contributed by atoms with Crippen molar-refractivity contribution in [1.82, 2.24) is 4.90 Å². The van der Waals surface area contributed by atoms with Gasteiger partial charge >= 0.3 is 19.3 Å². The number of nitriles is 1. The fourth-order valence-electron chi connectivity index (χ4n) is 4.35. The third-order valence-corrected chi connectivity index (χ3v) is 5.84. The van der Waals surface area contributed by atoms with Crippen LogP contribution >= 0.6 is 0 Å². The number of urea groups is 1. The molecule has 0 aromatic heterocycles. The van der Waals surface area contributed by atoms with Crippen molar-refractivity contribution in [1.29, 1.82) is 5.26 Å². The summed E-state index contributed by atoms with van der Waals surface area (Å²) in [5, 5.41) is 28.9. The average molecular weight is 455 g/mol. The van der Waals surface area contributed by atoms with Crippen molar-refractivity contribution in [2.45, 2.75) is 25.1 Å². The number of benzene rings is 2. The summed E-state index contributed by atoms with van der Waals surface area (Å²) < 4.78 is 39.8. The average Bonchev–Trinajstić information content (AvgIpc) is 3.14. The largest absolute Gasteiger partial charge is 0.488 e. The van der Waals surface area contributed by atoms with E-state index >= 15 is 0 Å². The monoisotopic (exact) mass is 455 g/mol. The fourth-order valence-corrected chi connectivity index (χ4v) is 4.35.